The van der Waals surface area contributed by atoms with Gasteiger partial charge in [0.2, 0.25) is 0 Å². The van der Waals surface area contributed by atoms with Crippen LogP contribution in [0.15, 0.2) is 24.3 Å². The van der Waals surface area contributed by atoms with E-state index in [4.69, 9.17) is 5.73 Å². The highest BCUT2D eigenvalue weighted by Crippen LogP contribution is 2.25. The van der Waals surface area contributed by atoms with Gasteiger partial charge in [-0.15, -0.1) is 0 Å². The molecule has 3 N–H and O–H groups in total. The van der Waals surface area contributed by atoms with E-state index >= 15 is 0 Å². The third kappa shape index (κ3) is 3.76. The van der Waals surface area contributed by atoms with Crippen LogP contribution in [0.2, 0.25) is 0 Å². The number of nitrogens with two attached hydrogens (primary N) is 1. The molecule has 1 unspecified atom stereocenters. The van der Waals surface area contributed by atoms with E-state index in [9.17, 15) is 5.11 Å². The van der Waals surface area contributed by atoms with E-state index in [0.29, 0.717) is 6.54 Å². The fourth-order valence-corrected chi connectivity index (χ4v) is 3.70. The number of piperazine rings is 1. The van der Waals surface area contributed by atoms with Crippen LogP contribution in [0.3, 0.4) is 0 Å². The molecule has 2 aliphatic rings. The van der Waals surface area contributed by atoms with E-state index in [2.05, 4.69) is 9.80 Å². The number of aliphatic hydroxyl groups is 1. The summed E-state index contributed by atoms with van der Waals surface area (Å²) in [5.41, 5.74) is 7.43. The first-order valence-corrected chi connectivity index (χ1v) is 8.22. The Morgan fingerprint density at radius 1 is 1.14 bits per heavy atom. The van der Waals surface area contributed by atoms with Gasteiger partial charge >= 0.3 is 0 Å². The Bertz CT molecular complexity index is 451. The van der Waals surface area contributed by atoms with Crippen molar-refractivity contribution < 1.29 is 5.11 Å². The molecule has 1 saturated heterocycles. The van der Waals surface area contributed by atoms with Crippen molar-refractivity contribution in [1.29, 1.82) is 0 Å². The van der Waals surface area contributed by atoms with Gasteiger partial charge in [-0.05, 0) is 30.5 Å². The summed E-state index contributed by atoms with van der Waals surface area (Å²) in [6.07, 6.45) is 5.13. The summed E-state index contributed by atoms with van der Waals surface area (Å²) in [6, 6.07) is 8.42. The second-order valence-corrected chi connectivity index (χ2v) is 6.46. The molecule has 21 heavy (non-hydrogen) atoms. The van der Waals surface area contributed by atoms with Gasteiger partial charge in [0.1, 0.15) is 0 Å². The van der Waals surface area contributed by atoms with Gasteiger partial charge < -0.3 is 10.8 Å². The zero-order valence-corrected chi connectivity index (χ0v) is 12.7. The first kappa shape index (κ1) is 14.8. The second kappa shape index (κ2) is 6.77. The van der Waals surface area contributed by atoms with Crippen LogP contribution in [0, 0.1) is 0 Å². The van der Waals surface area contributed by atoms with Gasteiger partial charge in [-0.3, -0.25) is 9.80 Å². The molecule has 0 radical (unpaired) electrons. The Balaban J connectivity index is 1.48. The lowest BCUT2D eigenvalue weighted by molar-refractivity contribution is 0.0571. The van der Waals surface area contributed by atoms with Crippen LogP contribution in [-0.2, 0) is 0 Å². The van der Waals surface area contributed by atoms with E-state index in [-0.39, 0.29) is 0 Å². The minimum atomic E-state index is -0.438. The summed E-state index contributed by atoms with van der Waals surface area (Å²) in [7, 11) is 0. The molecule has 1 aromatic carbocycles. The molecule has 2 fully saturated rings. The molecule has 0 bridgehead atoms. The minimum Gasteiger partial charge on any atom is -0.399 e. The van der Waals surface area contributed by atoms with Gasteiger partial charge in [0, 0.05) is 44.5 Å². The minimum absolute atomic E-state index is 0.438. The van der Waals surface area contributed by atoms with Crippen LogP contribution in [0.25, 0.3) is 0 Å². The first-order valence-electron chi connectivity index (χ1n) is 8.22. The molecule has 1 atom stereocenters. The molecule has 1 aromatic rings. The smallest absolute Gasteiger partial charge is 0.0917 e. The van der Waals surface area contributed by atoms with Crippen molar-refractivity contribution in [3.63, 3.8) is 0 Å². The molecule has 0 aromatic heterocycles. The predicted molar refractivity (Wildman–Crippen MR) is 86.1 cm³/mol. The van der Waals surface area contributed by atoms with E-state index in [1.807, 2.05) is 24.3 Å². The molecule has 1 aliphatic heterocycles. The Hall–Kier alpha value is -1.10. The highest BCUT2D eigenvalue weighted by molar-refractivity contribution is 5.41. The van der Waals surface area contributed by atoms with Crippen LogP contribution in [0.4, 0.5) is 5.69 Å². The summed E-state index contributed by atoms with van der Waals surface area (Å²) >= 11 is 0. The fraction of sp³-hybridized carbons (Fsp3) is 0.647. The van der Waals surface area contributed by atoms with Crippen molar-refractivity contribution in [3.05, 3.63) is 29.8 Å². The number of anilines is 1. The monoisotopic (exact) mass is 289 g/mol. The largest absolute Gasteiger partial charge is 0.399 e. The maximum atomic E-state index is 10.4. The zero-order valence-electron chi connectivity index (χ0n) is 12.7. The van der Waals surface area contributed by atoms with E-state index in [1.54, 1.807) is 0 Å². The van der Waals surface area contributed by atoms with Crippen LogP contribution in [0.1, 0.15) is 37.4 Å². The molecule has 3 rings (SSSR count). The maximum Gasteiger partial charge on any atom is 0.0917 e. The Morgan fingerprint density at radius 2 is 1.86 bits per heavy atom. The van der Waals surface area contributed by atoms with E-state index < -0.39 is 6.10 Å². The molecule has 1 aliphatic carbocycles. The SMILES string of the molecule is Nc1cccc(C(O)CN2CCN(C3CCCC3)CC2)c1. The summed E-state index contributed by atoms with van der Waals surface area (Å²) < 4.78 is 0. The number of aliphatic hydroxyl groups excluding tert-OH is 1. The number of benzene rings is 1. The van der Waals surface area contributed by atoms with Crippen LogP contribution in [-0.4, -0.2) is 53.7 Å². The third-order valence-electron chi connectivity index (χ3n) is 4.97. The van der Waals surface area contributed by atoms with E-state index in [1.165, 1.54) is 25.7 Å². The first-order chi connectivity index (χ1) is 10.2. The van der Waals surface area contributed by atoms with Crippen molar-refractivity contribution in [3.8, 4) is 0 Å². The zero-order chi connectivity index (χ0) is 14.7. The van der Waals surface area contributed by atoms with Gasteiger partial charge in [0.15, 0.2) is 0 Å². The highest BCUT2D eigenvalue weighted by Gasteiger charge is 2.26. The molecule has 4 heteroatoms. The predicted octanol–water partition coefficient (Wildman–Crippen LogP) is 1.86. The molecular formula is C17H27N3O. The normalized spacial score (nSPS) is 23.5. The Kier molecular flexibility index (Phi) is 4.78. The number of nitrogens with zero attached hydrogens (tertiary/aromatic N) is 2. The number of rotatable bonds is 4. The summed E-state index contributed by atoms with van der Waals surface area (Å²) in [4.78, 5) is 5.02. The number of hydrogen-bond acceptors (Lipinski definition) is 4. The van der Waals surface area contributed by atoms with Crippen molar-refractivity contribution in [2.75, 3.05) is 38.5 Å². The average Bonchev–Trinajstić information content (AvgIpc) is 3.02. The topological polar surface area (TPSA) is 52.7 Å². The van der Waals surface area contributed by atoms with E-state index in [0.717, 1.165) is 43.5 Å². The third-order valence-corrected chi connectivity index (χ3v) is 4.97. The van der Waals surface area contributed by atoms with Crippen molar-refractivity contribution >= 4 is 5.69 Å². The van der Waals surface area contributed by atoms with Crippen molar-refractivity contribution in [2.45, 2.75) is 37.8 Å². The summed E-state index contributed by atoms with van der Waals surface area (Å²) in [5, 5.41) is 10.4. The molecular weight excluding hydrogens is 262 g/mol. The number of nitrogen functional groups attached to an aromatic ring is 1. The van der Waals surface area contributed by atoms with Crippen LogP contribution < -0.4 is 5.73 Å². The lowest BCUT2D eigenvalue weighted by Crippen LogP contribution is -2.50. The van der Waals surface area contributed by atoms with Gasteiger partial charge in [-0.25, -0.2) is 0 Å². The fourth-order valence-electron chi connectivity index (χ4n) is 3.70. The van der Waals surface area contributed by atoms with Crippen LogP contribution in [0.5, 0.6) is 0 Å². The number of β-amino-alcohol motifs (C(OH)–C–C–N with tert-alkyl or cyclic N) is 1. The summed E-state index contributed by atoms with van der Waals surface area (Å²) in [5.74, 6) is 0. The van der Waals surface area contributed by atoms with Crippen molar-refractivity contribution in [1.82, 2.24) is 9.80 Å². The lowest BCUT2D eigenvalue weighted by atomic mass is 10.1. The molecule has 116 valence electrons. The quantitative estimate of drug-likeness (QED) is 0.831. The summed E-state index contributed by atoms with van der Waals surface area (Å²) in [6.45, 7) is 5.14. The Morgan fingerprint density at radius 3 is 2.52 bits per heavy atom. The van der Waals surface area contributed by atoms with Gasteiger partial charge in [-0.1, -0.05) is 25.0 Å². The molecule has 1 heterocycles. The second-order valence-electron chi connectivity index (χ2n) is 6.46. The lowest BCUT2D eigenvalue weighted by Gasteiger charge is -2.38. The molecule has 0 spiro atoms. The molecule has 1 saturated carbocycles. The van der Waals surface area contributed by atoms with Gasteiger partial charge in [-0.2, -0.15) is 0 Å². The standard InChI is InChI=1S/C17H27N3O/c18-15-5-3-4-14(12-15)17(21)13-19-8-10-20(11-9-19)16-6-1-2-7-16/h3-5,12,16-17,21H,1-2,6-11,13,18H2. The molecule has 4 nitrogen and oxygen atoms in total. The average molecular weight is 289 g/mol. The maximum absolute atomic E-state index is 10.4. The number of hydrogen-bond donors (Lipinski definition) is 2. The molecule has 0 amide bonds. The van der Waals surface area contributed by atoms with Crippen molar-refractivity contribution in [2.24, 2.45) is 0 Å². The van der Waals surface area contributed by atoms with Crippen LogP contribution >= 0.6 is 0 Å². The highest BCUT2D eigenvalue weighted by atomic mass is 16.3. The Labute approximate surface area is 127 Å². The van der Waals surface area contributed by atoms with Gasteiger partial charge in [0.05, 0.1) is 6.10 Å². The van der Waals surface area contributed by atoms with Gasteiger partial charge in [0.25, 0.3) is 0 Å².